The molecule has 1 aliphatic rings. The van der Waals surface area contributed by atoms with E-state index in [1.54, 1.807) is 12.3 Å². The van der Waals surface area contributed by atoms with Gasteiger partial charge in [-0.25, -0.2) is 0 Å². The summed E-state index contributed by atoms with van der Waals surface area (Å²) >= 11 is 6.36. The Morgan fingerprint density at radius 1 is 1.26 bits per heavy atom. The summed E-state index contributed by atoms with van der Waals surface area (Å²) in [4.78, 5) is 12.6. The Morgan fingerprint density at radius 2 is 2.13 bits per heavy atom. The molecule has 0 radical (unpaired) electrons. The van der Waals surface area contributed by atoms with Gasteiger partial charge in [0.25, 0.3) is 5.91 Å². The molecule has 1 amide bonds. The number of benzene rings is 2. The summed E-state index contributed by atoms with van der Waals surface area (Å²) in [5.41, 5.74) is 6.53. The van der Waals surface area contributed by atoms with Crippen molar-refractivity contribution in [1.82, 2.24) is 15.6 Å². The number of carbonyl (C=O) groups is 1. The van der Waals surface area contributed by atoms with Crippen molar-refractivity contribution >= 4 is 34.1 Å². The SMILES string of the molecule is O=C(NN1CCCc2ccccc21)c1ccc2[nH]ncc2c1Cl. The molecule has 23 heavy (non-hydrogen) atoms. The van der Waals surface area contributed by atoms with Crippen molar-refractivity contribution in [2.24, 2.45) is 0 Å². The van der Waals surface area contributed by atoms with Gasteiger partial charge in [0, 0.05) is 11.9 Å². The van der Waals surface area contributed by atoms with Crippen LogP contribution >= 0.6 is 11.6 Å². The summed E-state index contributed by atoms with van der Waals surface area (Å²) in [7, 11) is 0. The number of nitrogens with one attached hydrogen (secondary N) is 2. The first-order chi connectivity index (χ1) is 11.2. The molecule has 6 heteroatoms. The van der Waals surface area contributed by atoms with Crippen molar-refractivity contribution in [3.8, 4) is 0 Å². The molecule has 0 saturated heterocycles. The number of nitrogens with zero attached hydrogens (tertiary/aromatic N) is 2. The Morgan fingerprint density at radius 3 is 3.04 bits per heavy atom. The third kappa shape index (κ3) is 2.43. The van der Waals surface area contributed by atoms with Crippen LogP contribution in [-0.2, 0) is 6.42 Å². The van der Waals surface area contributed by atoms with Gasteiger partial charge in [0.15, 0.2) is 0 Å². The molecule has 2 heterocycles. The zero-order chi connectivity index (χ0) is 15.8. The quantitative estimate of drug-likeness (QED) is 0.759. The van der Waals surface area contributed by atoms with Crippen LogP contribution in [0.2, 0.25) is 5.02 Å². The number of fused-ring (bicyclic) bond motifs is 2. The summed E-state index contributed by atoms with van der Waals surface area (Å²) in [6, 6.07) is 11.6. The number of carbonyl (C=O) groups excluding carboxylic acids is 1. The van der Waals surface area contributed by atoms with Crippen LogP contribution in [0.4, 0.5) is 5.69 Å². The molecule has 1 aliphatic heterocycles. The monoisotopic (exact) mass is 326 g/mol. The standard InChI is InChI=1S/C17H15ClN4O/c18-16-12(7-8-14-13(16)10-19-20-14)17(23)21-22-9-3-5-11-4-1-2-6-15(11)22/h1-2,4,6-8,10H,3,5,9H2,(H,19,20)(H,21,23). The predicted molar refractivity (Wildman–Crippen MR) is 90.7 cm³/mol. The Balaban J connectivity index is 1.64. The summed E-state index contributed by atoms with van der Waals surface area (Å²) < 4.78 is 0. The van der Waals surface area contributed by atoms with Crippen LogP contribution < -0.4 is 10.4 Å². The number of amides is 1. The maximum atomic E-state index is 12.6. The number of aromatic amines is 1. The van der Waals surface area contributed by atoms with Crippen molar-refractivity contribution in [2.75, 3.05) is 11.6 Å². The number of hydrogen-bond acceptors (Lipinski definition) is 3. The zero-order valence-electron chi connectivity index (χ0n) is 12.3. The molecular weight excluding hydrogens is 312 g/mol. The van der Waals surface area contributed by atoms with Crippen LogP contribution in [0.25, 0.3) is 10.9 Å². The molecule has 0 fully saturated rings. The van der Waals surface area contributed by atoms with E-state index in [-0.39, 0.29) is 5.91 Å². The highest BCUT2D eigenvalue weighted by Crippen LogP contribution is 2.28. The number of aryl methyl sites for hydroxylation is 1. The molecule has 0 spiro atoms. The van der Waals surface area contributed by atoms with Gasteiger partial charge in [-0.05, 0) is 36.6 Å². The fraction of sp³-hybridized carbons (Fsp3) is 0.176. The molecule has 116 valence electrons. The lowest BCUT2D eigenvalue weighted by atomic mass is 10.0. The number of anilines is 1. The lowest BCUT2D eigenvalue weighted by molar-refractivity contribution is 0.0948. The topological polar surface area (TPSA) is 61.0 Å². The second kappa shape index (κ2) is 5.59. The van der Waals surface area contributed by atoms with Crippen molar-refractivity contribution < 1.29 is 4.79 Å². The largest absolute Gasteiger partial charge is 0.285 e. The summed E-state index contributed by atoms with van der Waals surface area (Å²) in [5, 5.41) is 9.86. The minimum Gasteiger partial charge on any atom is -0.285 e. The molecule has 0 aliphatic carbocycles. The van der Waals surface area contributed by atoms with Crippen LogP contribution in [0.1, 0.15) is 22.3 Å². The number of H-pyrrole nitrogens is 1. The Bertz CT molecular complexity index is 889. The summed E-state index contributed by atoms with van der Waals surface area (Å²) in [6.45, 7) is 0.786. The van der Waals surface area contributed by atoms with Gasteiger partial charge in [-0.15, -0.1) is 0 Å². The third-order valence-electron chi connectivity index (χ3n) is 4.15. The van der Waals surface area contributed by atoms with Gasteiger partial charge in [0.1, 0.15) is 0 Å². The number of aromatic nitrogens is 2. The van der Waals surface area contributed by atoms with Gasteiger partial charge in [0.05, 0.1) is 28.0 Å². The van der Waals surface area contributed by atoms with Gasteiger partial charge in [-0.3, -0.25) is 20.3 Å². The maximum absolute atomic E-state index is 12.6. The Labute approximate surface area is 138 Å². The van der Waals surface area contributed by atoms with Crippen LogP contribution in [0, 0.1) is 0 Å². The lowest BCUT2D eigenvalue weighted by Gasteiger charge is -2.31. The molecule has 5 nitrogen and oxygen atoms in total. The number of rotatable bonds is 2. The maximum Gasteiger partial charge on any atom is 0.271 e. The third-order valence-corrected chi connectivity index (χ3v) is 4.56. The predicted octanol–water partition coefficient (Wildman–Crippen LogP) is 3.31. The second-order valence-corrected chi connectivity index (χ2v) is 5.96. The van der Waals surface area contributed by atoms with Crippen LogP contribution in [-0.4, -0.2) is 22.6 Å². The zero-order valence-corrected chi connectivity index (χ0v) is 13.1. The van der Waals surface area contributed by atoms with Crippen molar-refractivity contribution in [2.45, 2.75) is 12.8 Å². The van der Waals surface area contributed by atoms with Gasteiger partial charge < -0.3 is 0 Å². The normalized spacial score (nSPS) is 13.9. The molecule has 2 N–H and O–H groups in total. The average Bonchev–Trinajstić information content (AvgIpc) is 3.05. The number of hydrazine groups is 1. The fourth-order valence-electron chi connectivity index (χ4n) is 2.99. The minimum absolute atomic E-state index is 0.213. The van der Waals surface area contributed by atoms with Crippen molar-refractivity contribution in [3.05, 3.63) is 58.7 Å². The van der Waals surface area contributed by atoms with E-state index in [1.807, 2.05) is 29.3 Å². The van der Waals surface area contributed by atoms with E-state index < -0.39 is 0 Å². The summed E-state index contributed by atoms with van der Waals surface area (Å²) in [5.74, 6) is -0.213. The van der Waals surface area contributed by atoms with E-state index in [2.05, 4.69) is 21.7 Å². The fourth-order valence-corrected chi connectivity index (χ4v) is 3.29. The average molecular weight is 327 g/mol. The molecular formula is C17H15ClN4O. The van der Waals surface area contributed by atoms with Crippen molar-refractivity contribution in [1.29, 1.82) is 0 Å². The van der Waals surface area contributed by atoms with Gasteiger partial charge in [-0.1, -0.05) is 29.8 Å². The van der Waals surface area contributed by atoms with E-state index >= 15 is 0 Å². The molecule has 0 unspecified atom stereocenters. The van der Waals surface area contributed by atoms with Crippen LogP contribution in [0.3, 0.4) is 0 Å². The first kappa shape index (κ1) is 14.1. The first-order valence-corrected chi connectivity index (χ1v) is 7.90. The highest BCUT2D eigenvalue weighted by Gasteiger charge is 2.20. The van der Waals surface area contributed by atoms with E-state index in [9.17, 15) is 4.79 Å². The van der Waals surface area contributed by atoms with E-state index in [1.165, 1.54) is 5.56 Å². The van der Waals surface area contributed by atoms with Crippen LogP contribution in [0.15, 0.2) is 42.6 Å². The first-order valence-electron chi connectivity index (χ1n) is 7.52. The smallest absolute Gasteiger partial charge is 0.271 e. The van der Waals surface area contributed by atoms with Gasteiger partial charge in [0.2, 0.25) is 0 Å². The van der Waals surface area contributed by atoms with Gasteiger partial charge in [-0.2, -0.15) is 5.10 Å². The highest BCUT2D eigenvalue weighted by molar-refractivity contribution is 6.38. The number of halogens is 1. The molecule has 0 bridgehead atoms. The molecule has 3 aromatic rings. The van der Waals surface area contributed by atoms with E-state index in [4.69, 9.17) is 11.6 Å². The molecule has 2 aromatic carbocycles. The van der Waals surface area contributed by atoms with Gasteiger partial charge >= 0.3 is 0 Å². The number of hydrogen-bond donors (Lipinski definition) is 2. The minimum atomic E-state index is -0.213. The molecule has 0 atom stereocenters. The number of para-hydroxylation sites is 1. The van der Waals surface area contributed by atoms with E-state index in [0.717, 1.165) is 36.0 Å². The Hall–Kier alpha value is -2.53. The van der Waals surface area contributed by atoms with E-state index in [0.29, 0.717) is 10.6 Å². The lowest BCUT2D eigenvalue weighted by Crippen LogP contribution is -2.45. The molecule has 0 saturated carbocycles. The molecule has 4 rings (SSSR count). The summed E-state index contributed by atoms with van der Waals surface area (Å²) in [6.07, 6.45) is 3.67. The van der Waals surface area contributed by atoms with Crippen molar-refractivity contribution in [3.63, 3.8) is 0 Å². The Kier molecular flexibility index (Phi) is 3.42. The highest BCUT2D eigenvalue weighted by atomic mass is 35.5. The van der Waals surface area contributed by atoms with Crippen LogP contribution in [0.5, 0.6) is 0 Å². The second-order valence-electron chi connectivity index (χ2n) is 5.58. The molecule has 1 aromatic heterocycles.